The molecule has 4 heteroatoms. The zero-order valence-electron chi connectivity index (χ0n) is 4.91. The maximum Gasteiger partial charge on any atom is 0.224 e. The lowest BCUT2D eigenvalue weighted by Crippen LogP contribution is -2.10. The lowest BCUT2D eigenvalue weighted by atomic mass is 10.7. The average Bonchev–Trinajstić information content (AvgIpc) is 2.34. The van der Waals surface area contributed by atoms with E-state index in [9.17, 15) is 0 Å². The molecule has 0 saturated carbocycles. The summed E-state index contributed by atoms with van der Waals surface area (Å²) >= 11 is 1.51. The molecule has 0 atom stereocenters. The van der Waals surface area contributed by atoms with Gasteiger partial charge in [-0.2, -0.15) is 0 Å². The van der Waals surface area contributed by atoms with Gasteiger partial charge in [-0.05, 0) is 0 Å². The minimum Gasteiger partial charge on any atom is -0.476 e. The first kappa shape index (κ1) is 6.51. The summed E-state index contributed by atoms with van der Waals surface area (Å²) in [5, 5.41) is 1.84. The molecule has 3 nitrogen and oxygen atoms in total. The second-order valence-corrected chi connectivity index (χ2v) is 2.18. The molecule has 1 heterocycles. The summed E-state index contributed by atoms with van der Waals surface area (Å²) in [5.41, 5.74) is 6.92. The van der Waals surface area contributed by atoms with Crippen molar-refractivity contribution in [2.45, 2.75) is 0 Å². The van der Waals surface area contributed by atoms with Crippen LogP contribution in [0.1, 0.15) is 0 Å². The number of nitrogens with two attached hydrogens (primary N) is 1. The Morgan fingerprint density at radius 1 is 1.78 bits per heavy atom. The van der Waals surface area contributed by atoms with E-state index in [1.165, 1.54) is 11.3 Å². The Kier molecular flexibility index (Phi) is 2.48. The Morgan fingerprint density at radius 3 is 3.22 bits per heavy atom. The highest BCUT2D eigenvalue weighted by molar-refractivity contribution is 7.07. The van der Waals surface area contributed by atoms with Gasteiger partial charge in [0.05, 0.1) is 10.9 Å². The van der Waals surface area contributed by atoms with Crippen LogP contribution < -0.4 is 10.5 Å². The monoisotopic (exact) mass is 144 g/mol. The fraction of sp³-hybridized carbons (Fsp3) is 0.400. The molecule has 0 spiro atoms. The fourth-order valence-corrected chi connectivity index (χ4v) is 0.907. The predicted octanol–water partition coefficient (Wildman–Crippen LogP) is 0.481. The van der Waals surface area contributed by atoms with E-state index < -0.39 is 0 Å². The van der Waals surface area contributed by atoms with Crippen molar-refractivity contribution in [3.05, 3.63) is 10.9 Å². The first-order valence-corrected chi connectivity index (χ1v) is 3.59. The van der Waals surface area contributed by atoms with E-state index in [4.69, 9.17) is 10.5 Å². The predicted molar refractivity (Wildman–Crippen MR) is 36.7 cm³/mol. The molecule has 1 aromatic heterocycles. The lowest BCUT2D eigenvalue weighted by Gasteiger charge is -1.96. The van der Waals surface area contributed by atoms with Gasteiger partial charge in [-0.25, -0.2) is 4.98 Å². The van der Waals surface area contributed by atoms with Crippen LogP contribution in [0.3, 0.4) is 0 Å². The molecule has 0 aliphatic rings. The van der Waals surface area contributed by atoms with E-state index in [0.717, 1.165) is 0 Å². The molecule has 0 unspecified atom stereocenters. The summed E-state index contributed by atoms with van der Waals surface area (Å²) < 4.78 is 5.07. The molecular weight excluding hydrogens is 136 g/mol. The van der Waals surface area contributed by atoms with Crippen LogP contribution in [0.25, 0.3) is 0 Å². The van der Waals surface area contributed by atoms with Gasteiger partial charge in [0.25, 0.3) is 0 Å². The summed E-state index contributed by atoms with van der Waals surface area (Å²) in [7, 11) is 0. The highest BCUT2D eigenvalue weighted by Gasteiger charge is 1.90. The Balaban J connectivity index is 2.30. The van der Waals surface area contributed by atoms with Crippen molar-refractivity contribution in [3.8, 4) is 5.88 Å². The van der Waals surface area contributed by atoms with Crippen molar-refractivity contribution in [1.29, 1.82) is 0 Å². The van der Waals surface area contributed by atoms with Crippen LogP contribution >= 0.6 is 11.3 Å². The third-order valence-electron chi connectivity index (χ3n) is 0.777. The molecule has 0 fully saturated rings. The van der Waals surface area contributed by atoms with Crippen LogP contribution in [0.4, 0.5) is 0 Å². The van der Waals surface area contributed by atoms with Crippen molar-refractivity contribution in [2.24, 2.45) is 5.73 Å². The lowest BCUT2D eigenvalue weighted by molar-refractivity contribution is 0.318. The second-order valence-electron chi connectivity index (χ2n) is 1.46. The van der Waals surface area contributed by atoms with E-state index in [0.29, 0.717) is 19.0 Å². The highest BCUT2D eigenvalue weighted by Crippen LogP contribution is 2.08. The molecule has 0 saturated heterocycles. The molecular formula is C5H8N2OS. The molecule has 1 aromatic rings. The first-order valence-electron chi connectivity index (χ1n) is 2.64. The molecule has 9 heavy (non-hydrogen) atoms. The molecule has 0 aliphatic carbocycles. The van der Waals surface area contributed by atoms with Crippen LogP contribution in [0.2, 0.25) is 0 Å². The summed E-state index contributed by atoms with van der Waals surface area (Å²) in [6, 6.07) is 0. The molecule has 0 radical (unpaired) electrons. The van der Waals surface area contributed by atoms with Gasteiger partial charge in [-0.15, -0.1) is 11.3 Å². The summed E-state index contributed by atoms with van der Waals surface area (Å²) in [6.45, 7) is 1.08. The summed E-state index contributed by atoms with van der Waals surface area (Å²) in [4.78, 5) is 3.89. The first-order chi connectivity index (χ1) is 4.43. The van der Waals surface area contributed by atoms with Gasteiger partial charge in [-0.3, -0.25) is 0 Å². The van der Waals surface area contributed by atoms with Gasteiger partial charge in [0.2, 0.25) is 5.88 Å². The van der Waals surface area contributed by atoms with E-state index in [1.807, 2.05) is 5.38 Å². The van der Waals surface area contributed by atoms with Crippen LogP contribution in [-0.4, -0.2) is 18.1 Å². The topological polar surface area (TPSA) is 48.1 Å². The van der Waals surface area contributed by atoms with Crippen molar-refractivity contribution in [1.82, 2.24) is 4.98 Å². The van der Waals surface area contributed by atoms with Gasteiger partial charge in [0, 0.05) is 6.54 Å². The number of aromatic nitrogens is 1. The SMILES string of the molecule is NCCOc1cscn1. The van der Waals surface area contributed by atoms with Crippen molar-refractivity contribution < 1.29 is 4.74 Å². The van der Waals surface area contributed by atoms with E-state index in [2.05, 4.69) is 4.98 Å². The average molecular weight is 144 g/mol. The number of hydrogen-bond donors (Lipinski definition) is 1. The molecule has 0 bridgehead atoms. The third-order valence-corrected chi connectivity index (χ3v) is 1.34. The highest BCUT2D eigenvalue weighted by atomic mass is 32.1. The summed E-state index contributed by atoms with van der Waals surface area (Å²) in [6.07, 6.45) is 0. The molecule has 0 aromatic carbocycles. The van der Waals surface area contributed by atoms with E-state index in [1.54, 1.807) is 5.51 Å². The minimum absolute atomic E-state index is 0.539. The number of rotatable bonds is 3. The third kappa shape index (κ3) is 1.99. The van der Waals surface area contributed by atoms with Crippen LogP contribution in [0.5, 0.6) is 5.88 Å². The number of thiazole rings is 1. The smallest absolute Gasteiger partial charge is 0.224 e. The van der Waals surface area contributed by atoms with Crippen molar-refractivity contribution >= 4 is 11.3 Å². The Morgan fingerprint density at radius 2 is 2.67 bits per heavy atom. The van der Waals surface area contributed by atoms with E-state index in [-0.39, 0.29) is 0 Å². The van der Waals surface area contributed by atoms with Gasteiger partial charge in [0.1, 0.15) is 6.61 Å². The Bertz CT molecular complexity index is 152. The number of hydrogen-bond acceptors (Lipinski definition) is 4. The molecule has 0 amide bonds. The fourth-order valence-electron chi connectivity index (χ4n) is 0.436. The Labute approximate surface area is 57.5 Å². The minimum atomic E-state index is 0.539. The van der Waals surface area contributed by atoms with E-state index >= 15 is 0 Å². The zero-order valence-corrected chi connectivity index (χ0v) is 5.73. The largest absolute Gasteiger partial charge is 0.476 e. The van der Waals surface area contributed by atoms with Crippen molar-refractivity contribution in [2.75, 3.05) is 13.2 Å². The maximum atomic E-state index is 5.20. The second kappa shape index (κ2) is 3.42. The van der Waals surface area contributed by atoms with Crippen LogP contribution in [0, 0.1) is 0 Å². The number of ether oxygens (including phenoxy) is 1. The summed E-state index contributed by atoms with van der Waals surface area (Å²) in [5.74, 6) is 0.672. The normalized spacial score (nSPS) is 9.44. The molecule has 50 valence electrons. The van der Waals surface area contributed by atoms with Gasteiger partial charge < -0.3 is 10.5 Å². The maximum absolute atomic E-state index is 5.20. The molecule has 0 aliphatic heterocycles. The molecule has 2 N–H and O–H groups in total. The van der Waals surface area contributed by atoms with Gasteiger partial charge in [-0.1, -0.05) is 0 Å². The number of nitrogens with zero attached hydrogens (tertiary/aromatic N) is 1. The zero-order chi connectivity index (χ0) is 6.53. The van der Waals surface area contributed by atoms with Gasteiger partial charge in [0.15, 0.2) is 0 Å². The Hall–Kier alpha value is -0.610. The molecule has 1 rings (SSSR count). The van der Waals surface area contributed by atoms with Crippen molar-refractivity contribution in [3.63, 3.8) is 0 Å². The quantitative estimate of drug-likeness (QED) is 0.671. The van der Waals surface area contributed by atoms with Gasteiger partial charge >= 0.3 is 0 Å². The van der Waals surface area contributed by atoms with Crippen LogP contribution in [0.15, 0.2) is 10.9 Å². The standard InChI is InChI=1S/C5H8N2OS/c6-1-2-8-5-3-9-4-7-5/h3-4H,1-2,6H2. The van der Waals surface area contributed by atoms with Crippen LogP contribution in [-0.2, 0) is 0 Å².